The van der Waals surface area contributed by atoms with Gasteiger partial charge in [0.1, 0.15) is 5.60 Å². The van der Waals surface area contributed by atoms with Crippen LogP contribution in [-0.2, 0) is 19.0 Å². The summed E-state index contributed by atoms with van der Waals surface area (Å²) in [5.74, 6) is -0.513. The quantitative estimate of drug-likeness (QED) is 0.730. The molecular weight excluding hydrogens is 226 g/mol. The molecule has 1 saturated heterocycles. The molecule has 1 rings (SSSR count). The molecule has 0 spiro atoms. The van der Waals surface area contributed by atoms with Crippen molar-refractivity contribution >= 4 is 12.1 Å². The highest BCUT2D eigenvalue weighted by Crippen LogP contribution is 2.21. The highest BCUT2D eigenvalue weighted by Gasteiger charge is 2.45. The predicted molar refractivity (Wildman–Crippen MR) is 59.6 cm³/mol. The minimum atomic E-state index is -1.11. The van der Waals surface area contributed by atoms with Crippen molar-refractivity contribution in [3.05, 3.63) is 0 Å². The van der Waals surface area contributed by atoms with Gasteiger partial charge in [-0.3, -0.25) is 0 Å². The SMILES string of the molecule is COC(=O)C1(NC(=O)OC(C)(C)C)CCOC1. The van der Waals surface area contributed by atoms with Crippen LogP contribution in [0, 0.1) is 0 Å². The summed E-state index contributed by atoms with van der Waals surface area (Å²) in [6.45, 7) is 5.78. The average Bonchev–Trinajstić information content (AvgIpc) is 2.63. The molecule has 0 radical (unpaired) electrons. The van der Waals surface area contributed by atoms with Crippen LogP contribution in [0.1, 0.15) is 27.2 Å². The zero-order chi connectivity index (χ0) is 13.1. The number of carbonyl (C=O) groups is 2. The molecule has 0 bridgehead atoms. The lowest BCUT2D eigenvalue weighted by atomic mass is 9.99. The molecule has 1 amide bonds. The van der Waals surface area contributed by atoms with Gasteiger partial charge < -0.3 is 19.5 Å². The Balaban J connectivity index is 2.68. The molecular formula is C11H19NO5. The van der Waals surface area contributed by atoms with Crippen LogP contribution in [-0.4, -0.2) is 43.5 Å². The molecule has 1 atom stereocenters. The minimum absolute atomic E-state index is 0.110. The first kappa shape index (κ1) is 13.8. The lowest BCUT2D eigenvalue weighted by Gasteiger charge is -2.27. The Hall–Kier alpha value is -1.30. The molecule has 1 aliphatic rings. The Morgan fingerprint density at radius 1 is 1.35 bits per heavy atom. The van der Waals surface area contributed by atoms with Crippen molar-refractivity contribution < 1.29 is 23.8 Å². The molecule has 1 unspecified atom stereocenters. The summed E-state index contributed by atoms with van der Waals surface area (Å²) in [5.41, 5.74) is -1.72. The average molecular weight is 245 g/mol. The number of nitrogens with one attached hydrogen (secondary N) is 1. The summed E-state index contributed by atoms with van der Waals surface area (Å²) in [6, 6.07) is 0. The molecule has 0 saturated carbocycles. The largest absolute Gasteiger partial charge is 0.467 e. The predicted octanol–water partition coefficient (Wildman–Crippen LogP) is 0.843. The van der Waals surface area contributed by atoms with Gasteiger partial charge in [0.25, 0.3) is 0 Å². The van der Waals surface area contributed by atoms with Crippen molar-refractivity contribution in [1.29, 1.82) is 0 Å². The number of carbonyl (C=O) groups excluding carboxylic acids is 2. The van der Waals surface area contributed by atoms with Crippen LogP contribution >= 0.6 is 0 Å². The Morgan fingerprint density at radius 3 is 2.41 bits per heavy atom. The third-order valence-corrected chi connectivity index (χ3v) is 2.34. The highest BCUT2D eigenvalue weighted by atomic mass is 16.6. The van der Waals surface area contributed by atoms with Crippen molar-refractivity contribution in [3.8, 4) is 0 Å². The highest BCUT2D eigenvalue weighted by molar-refractivity contribution is 5.86. The van der Waals surface area contributed by atoms with Crippen LogP contribution < -0.4 is 5.32 Å². The molecule has 0 aromatic rings. The molecule has 17 heavy (non-hydrogen) atoms. The number of hydrogen-bond acceptors (Lipinski definition) is 5. The van der Waals surface area contributed by atoms with Gasteiger partial charge in [-0.05, 0) is 20.8 Å². The molecule has 1 fully saturated rings. The summed E-state index contributed by atoms with van der Waals surface area (Å²) < 4.78 is 14.9. The van der Waals surface area contributed by atoms with Gasteiger partial charge >= 0.3 is 12.1 Å². The molecule has 6 heteroatoms. The van der Waals surface area contributed by atoms with Gasteiger partial charge in [0.2, 0.25) is 0 Å². The first-order valence-corrected chi connectivity index (χ1v) is 5.46. The van der Waals surface area contributed by atoms with Gasteiger partial charge in [0.05, 0.1) is 13.7 Å². The number of methoxy groups -OCH3 is 1. The Morgan fingerprint density at radius 2 is 2.00 bits per heavy atom. The van der Waals surface area contributed by atoms with E-state index in [1.54, 1.807) is 20.8 Å². The second kappa shape index (κ2) is 4.91. The smallest absolute Gasteiger partial charge is 0.408 e. The van der Waals surface area contributed by atoms with E-state index in [4.69, 9.17) is 9.47 Å². The van der Waals surface area contributed by atoms with Crippen LogP contribution in [0.5, 0.6) is 0 Å². The second-order valence-electron chi connectivity index (χ2n) is 5.00. The van der Waals surface area contributed by atoms with E-state index in [9.17, 15) is 9.59 Å². The molecule has 6 nitrogen and oxygen atoms in total. The summed E-state index contributed by atoms with van der Waals surface area (Å²) in [5, 5.41) is 2.54. The van der Waals surface area contributed by atoms with Gasteiger partial charge in [-0.15, -0.1) is 0 Å². The molecule has 0 aromatic carbocycles. The van der Waals surface area contributed by atoms with Crippen LogP contribution in [0.25, 0.3) is 0 Å². The zero-order valence-electron chi connectivity index (χ0n) is 10.7. The van der Waals surface area contributed by atoms with Gasteiger partial charge in [-0.2, -0.15) is 0 Å². The van der Waals surface area contributed by atoms with E-state index in [0.717, 1.165) is 0 Å². The van der Waals surface area contributed by atoms with Crippen LogP contribution in [0.3, 0.4) is 0 Å². The second-order valence-corrected chi connectivity index (χ2v) is 5.00. The number of amides is 1. The molecule has 1 N–H and O–H groups in total. The van der Waals surface area contributed by atoms with E-state index >= 15 is 0 Å². The van der Waals surface area contributed by atoms with Crippen LogP contribution in [0.4, 0.5) is 4.79 Å². The number of esters is 1. The first-order chi connectivity index (χ1) is 7.79. The number of rotatable bonds is 2. The number of hydrogen-bond donors (Lipinski definition) is 1. The van der Waals surface area contributed by atoms with Crippen molar-refractivity contribution in [2.24, 2.45) is 0 Å². The first-order valence-electron chi connectivity index (χ1n) is 5.46. The fraction of sp³-hybridized carbons (Fsp3) is 0.818. The van der Waals surface area contributed by atoms with E-state index in [1.807, 2.05) is 0 Å². The van der Waals surface area contributed by atoms with Gasteiger partial charge in [-0.25, -0.2) is 9.59 Å². The molecule has 0 aliphatic carbocycles. The third-order valence-electron chi connectivity index (χ3n) is 2.34. The van der Waals surface area contributed by atoms with Crippen LogP contribution in [0.15, 0.2) is 0 Å². The normalized spacial score (nSPS) is 24.2. The van der Waals surface area contributed by atoms with E-state index in [1.165, 1.54) is 7.11 Å². The fourth-order valence-electron chi connectivity index (χ4n) is 1.57. The summed E-state index contributed by atoms with van der Waals surface area (Å²) in [6.07, 6.45) is -0.257. The standard InChI is InChI=1S/C11H19NO5/c1-10(2,3)17-9(14)12-11(8(13)15-4)5-6-16-7-11/h5-7H2,1-4H3,(H,12,14). The Bertz CT molecular complexity index is 301. The monoisotopic (exact) mass is 245 g/mol. The summed E-state index contributed by atoms with van der Waals surface area (Å²) in [7, 11) is 1.28. The topological polar surface area (TPSA) is 73.9 Å². The van der Waals surface area contributed by atoms with Crippen molar-refractivity contribution in [3.63, 3.8) is 0 Å². The van der Waals surface area contributed by atoms with E-state index in [2.05, 4.69) is 10.1 Å². The van der Waals surface area contributed by atoms with E-state index < -0.39 is 23.2 Å². The lowest BCUT2D eigenvalue weighted by molar-refractivity contribution is -0.148. The van der Waals surface area contributed by atoms with Gasteiger partial charge in [0.15, 0.2) is 5.54 Å². The van der Waals surface area contributed by atoms with Crippen molar-refractivity contribution in [2.75, 3.05) is 20.3 Å². The minimum Gasteiger partial charge on any atom is -0.467 e. The summed E-state index contributed by atoms with van der Waals surface area (Å²) in [4.78, 5) is 23.3. The molecule has 0 aromatic heterocycles. The Kier molecular flexibility index (Phi) is 3.98. The number of ether oxygens (including phenoxy) is 3. The van der Waals surface area contributed by atoms with E-state index in [0.29, 0.717) is 13.0 Å². The van der Waals surface area contributed by atoms with Crippen LogP contribution in [0.2, 0.25) is 0 Å². The zero-order valence-corrected chi connectivity index (χ0v) is 10.7. The maximum absolute atomic E-state index is 11.7. The van der Waals surface area contributed by atoms with Crippen molar-refractivity contribution in [1.82, 2.24) is 5.32 Å². The maximum Gasteiger partial charge on any atom is 0.408 e. The Labute approximate surface area is 101 Å². The number of alkyl carbamates (subject to hydrolysis) is 1. The molecule has 98 valence electrons. The van der Waals surface area contributed by atoms with Gasteiger partial charge in [0, 0.05) is 13.0 Å². The lowest BCUT2D eigenvalue weighted by Crippen LogP contribution is -2.56. The molecule has 1 aliphatic heterocycles. The molecule has 1 heterocycles. The summed E-state index contributed by atoms with van der Waals surface area (Å²) >= 11 is 0. The van der Waals surface area contributed by atoms with Gasteiger partial charge in [-0.1, -0.05) is 0 Å². The maximum atomic E-state index is 11.7. The third kappa shape index (κ3) is 3.59. The van der Waals surface area contributed by atoms with E-state index in [-0.39, 0.29) is 6.61 Å². The van der Waals surface area contributed by atoms with Crippen molar-refractivity contribution in [2.45, 2.75) is 38.3 Å². The fourth-order valence-corrected chi connectivity index (χ4v) is 1.57.